The third kappa shape index (κ3) is 4.09. The Labute approximate surface area is 58.7 Å². The second-order valence-corrected chi connectivity index (χ2v) is 2.08. The summed E-state index contributed by atoms with van der Waals surface area (Å²) < 4.78 is 0. The molecular formula is C9H15. The first-order valence-corrected chi connectivity index (χ1v) is 3.62. The van der Waals surface area contributed by atoms with E-state index in [-0.39, 0.29) is 0 Å². The molecule has 0 aliphatic heterocycles. The van der Waals surface area contributed by atoms with E-state index in [1.807, 2.05) is 0 Å². The van der Waals surface area contributed by atoms with Crippen LogP contribution < -0.4 is 0 Å². The van der Waals surface area contributed by atoms with Crippen molar-refractivity contribution < 1.29 is 0 Å². The van der Waals surface area contributed by atoms with Gasteiger partial charge in [0.05, 0.1) is 0 Å². The van der Waals surface area contributed by atoms with Gasteiger partial charge in [0.2, 0.25) is 0 Å². The second-order valence-electron chi connectivity index (χ2n) is 2.08. The molecule has 0 heterocycles. The number of rotatable bonds is 2. The van der Waals surface area contributed by atoms with E-state index in [2.05, 4.69) is 32.6 Å². The monoisotopic (exact) mass is 123 g/mol. The summed E-state index contributed by atoms with van der Waals surface area (Å²) in [7, 11) is 0. The fourth-order valence-corrected chi connectivity index (χ4v) is 0.709. The highest BCUT2D eigenvalue weighted by molar-refractivity contribution is 5.03. The Bertz CT molecular complexity index is 98.9. The highest BCUT2D eigenvalue weighted by Gasteiger charge is 1.94. The van der Waals surface area contributed by atoms with E-state index >= 15 is 0 Å². The molecule has 0 aromatic heterocycles. The summed E-state index contributed by atoms with van der Waals surface area (Å²) in [5, 5.41) is 0. The molecule has 0 fully saturated rings. The number of hydrogen-bond acceptors (Lipinski definition) is 0. The second kappa shape index (κ2) is 5.69. The van der Waals surface area contributed by atoms with Crippen LogP contribution in [0.5, 0.6) is 0 Å². The first kappa shape index (κ1) is 8.56. The van der Waals surface area contributed by atoms with Crippen molar-refractivity contribution in [3.63, 3.8) is 0 Å². The van der Waals surface area contributed by atoms with E-state index in [0.29, 0.717) is 5.92 Å². The van der Waals surface area contributed by atoms with E-state index in [4.69, 9.17) is 0 Å². The highest BCUT2D eigenvalue weighted by atomic mass is 14.0. The standard InChI is InChI=1S/C9H15/c1-4-7-8-9(5-2)6-3/h9H,1,4-6H2,2-3H3. The Morgan fingerprint density at radius 3 is 2.22 bits per heavy atom. The van der Waals surface area contributed by atoms with Gasteiger partial charge in [-0.2, -0.15) is 0 Å². The van der Waals surface area contributed by atoms with Crippen molar-refractivity contribution in [2.45, 2.75) is 33.1 Å². The lowest BCUT2D eigenvalue weighted by atomic mass is 10.0. The quantitative estimate of drug-likeness (QED) is 0.495. The van der Waals surface area contributed by atoms with Crippen LogP contribution in [0.2, 0.25) is 0 Å². The van der Waals surface area contributed by atoms with E-state index in [9.17, 15) is 0 Å². The van der Waals surface area contributed by atoms with Crippen LogP contribution in [0.4, 0.5) is 0 Å². The normalized spacial score (nSPS) is 8.89. The molecule has 0 aliphatic carbocycles. The lowest BCUT2D eigenvalue weighted by Gasteiger charge is -1.99. The van der Waals surface area contributed by atoms with E-state index in [1.54, 1.807) is 0 Å². The molecule has 0 rings (SSSR count). The molecule has 0 aliphatic rings. The molecule has 51 valence electrons. The predicted octanol–water partition coefficient (Wildman–Crippen LogP) is 2.65. The lowest BCUT2D eigenvalue weighted by Crippen LogP contribution is -1.90. The highest BCUT2D eigenvalue weighted by Crippen LogP contribution is 2.04. The van der Waals surface area contributed by atoms with Crippen LogP contribution in [0.15, 0.2) is 0 Å². The van der Waals surface area contributed by atoms with Crippen molar-refractivity contribution in [1.82, 2.24) is 0 Å². The van der Waals surface area contributed by atoms with Gasteiger partial charge < -0.3 is 0 Å². The van der Waals surface area contributed by atoms with Crippen LogP contribution in [0.3, 0.4) is 0 Å². The van der Waals surface area contributed by atoms with E-state index < -0.39 is 0 Å². The maximum absolute atomic E-state index is 3.65. The predicted molar refractivity (Wildman–Crippen MR) is 41.8 cm³/mol. The van der Waals surface area contributed by atoms with Crippen molar-refractivity contribution in [1.29, 1.82) is 0 Å². The molecule has 9 heavy (non-hydrogen) atoms. The molecule has 0 nitrogen and oxygen atoms in total. The van der Waals surface area contributed by atoms with Gasteiger partial charge in [0, 0.05) is 12.3 Å². The summed E-state index contributed by atoms with van der Waals surface area (Å²) in [4.78, 5) is 0. The third-order valence-corrected chi connectivity index (χ3v) is 1.42. The summed E-state index contributed by atoms with van der Waals surface area (Å²) in [5.74, 6) is 6.75. The molecule has 0 unspecified atom stereocenters. The molecule has 0 aromatic rings. The Morgan fingerprint density at radius 1 is 1.33 bits per heavy atom. The average Bonchev–Trinajstić information content (AvgIpc) is 1.91. The summed E-state index contributed by atoms with van der Waals surface area (Å²) in [6.07, 6.45) is 3.09. The van der Waals surface area contributed by atoms with Crippen LogP contribution in [0.1, 0.15) is 33.1 Å². The summed E-state index contributed by atoms with van der Waals surface area (Å²) in [5.41, 5.74) is 0. The zero-order valence-corrected chi connectivity index (χ0v) is 6.41. The van der Waals surface area contributed by atoms with Crippen molar-refractivity contribution in [3.8, 4) is 11.8 Å². The van der Waals surface area contributed by atoms with Gasteiger partial charge in [-0.05, 0) is 19.8 Å². The lowest BCUT2D eigenvalue weighted by molar-refractivity contribution is 0.627. The molecule has 0 heteroatoms. The van der Waals surface area contributed by atoms with Gasteiger partial charge in [0.1, 0.15) is 0 Å². The molecule has 0 amide bonds. The maximum Gasteiger partial charge on any atom is 0.0197 e. The molecular weight excluding hydrogens is 108 g/mol. The fourth-order valence-electron chi connectivity index (χ4n) is 0.709. The van der Waals surface area contributed by atoms with E-state index in [1.165, 1.54) is 12.8 Å². The van der Waals surface area contributed by atoms with Crippen LogP contribution in [0, 0.1) is 24.7 Å². The molecule has 0 bridgehead atoms. The molecule has 0 N–H and O–H groups in total. The van der Waals surface area contributed by atoms with Crippen molar-refractivity contribution in [3.05, 3.63) is 6.92 Å². The minimum absolute atomic E-state index is 0.603. The summed E-state index contributed by atoms with van der Waals surface area (Å²) in [6.45, 7) is 8.00. The Kier molecular flexibility index (Phi) is 5.41. The van der Waals surface area contributed by atoms with Crippen molar-refractivity contribution in [2.75, 3.05) is 0 Å². The van der Waals surface area contributed by atoms with E-state index in [0.717, 1.165) is 6.42 Å². The van der Waals surface area contributed by atoms with Gasteiger partial charge >= 0.3 is 0 Å². The topological polar surface area (TPSA) is 0 Å². The Balaban J connectivity index is 3.54. The van der Waals surface area contributed by atoms with Crippen molar-refractivity contribution >= 4 is 0 Å². The molecule has 0 atom stereocenters. The first-order chi connectivity index (χ1) is 4.35. The van der Waals surface area contributed by atoms with Crippen LogP contribution >= 0.6 is 0 Å². The van der Waals surface area contributed by atoms with Crippen LogP contribution in [-0.2, 0) is 0 Å². The molecule has 0 saturated heterocycles. The Morgan fingerprint density at radius 2 is 1.89 bits per heavy atom. The van der Waals surface area contributed by atoms with Gasteiger partial charge in [-0.25, -0.2) is 0 Å². The Hall–Kier alpha value is -0.440. The largest absolute Gasteiger partial charge is 0.103 e. The van der Waals surface area contributed by atoms with Crippen molar-refractivity contribution in [2.24, 2.45) is 5.92 Å². The SMILES string of the molecule is [CH2]CC#CC(CC)CC. The molecule has 0 saturated carbocycles. The van der Waals surface area contributed by atoms with Gasteiger partial charge in [0.25, 0.3) is 0 Å². The summed E-state index contributed by atoms with van der Waals surface area (Å²) >= 11 is 0. The van der Waals surface area contributed by atoms with Crippen LogP contribution in [-0.4, -0.2) is 0 Å². The summed E-state index contributed by atoms with van der Waals surface area (Å²) in [6, 6.07) is 0. The third-order valence-electron chi connectivity index (χ3n) is 1.42. The molecule has 0 aromatic carbocycles. The number of hydrogen-bond donors (Lipinski definition) is 0. The zero-order valence-electron chi connectivity index (χ0n) is 6.41. The minimum atomic E-state index is 0.603. The van der Waals surface area contributed by atoms with Gasteiger partial charge in [-0.3, -0.25) is 0 Å². The molecule has 0 spiro atoms. The minimum Gasteiger partial charge on any atom is -0.103 e. The first-order valence-electron chi connectivity index (χ1n) is 3.62. The average molecular weight is 123 g/mol. The fraction of sp³-hybridized carbons (Fsp3) is 0.667. The van der Waals surface area contributed by atoms with Gasteiger partial charge in [0.15, 0.2) is 0 Å². The smallest absolute Gasteiger partial charge is 0.0197 e. The molecule has 1 radical (unpaired) electrons. The van der Waals surface area contributed by atoms with Gasteiger partial charge in [-0.1, -0.05) is 19.8 Å². The van der Waals surface area contributed by atoms with Crippen LogP contribution in [0.25, 0.3) is 0 Å². The van der Waals surface area contributed by atoms with Gasteiger partial charge in [-0.15, -0.1) is 5.92 Å². The maximum atomic E-state index is 3.65. The zero-order chi connectivity index (χ0) is 7.11.